The number of anilines is 6. The molecule has 4 heteroatoms. The van der Waals surface area contributed by atoms with Crippen LogP contribution in [0.5, 0.6) is 23.0 Å². The van der Waals surface area contributed by atoms with Crippen molar-refractivity contribution in [3.63, 3.8) is 0 Å². The van der Waals surface area contributed by atoms with Crippen LogP contribution in [0.15, 0.2) is 194 Å². The van der Waals surface area contributed by atoms with E-state index in [9.17, 15) is 0 Å². The van der Waals surface area contributed by atoms with Crippen LogP contribution in [0.25, 0.3) is 33.4 Å². The number of hydrogen-bond donors (Lipinski definition) is 0. The average molecular weight is 669 g/mol. The molecule has 0 unspecified atom stereocenters. The maximum atomic E-state index is 6.60. The van der Waals surface area contributed by atoms with E-state index in [4.69, 9.17) is 9.47 Å². The molecule has 0 saturated heterocycles. The lowest BCUT2D eigenvalue weighted by atomic mass is 10.00. The van der Waals surface area contributed by atoms with Gasteiger partial charge in [0.25, 0.3) is 0 Å². The molecule has 0 saturated carbocycles. The monoisotopic (exact) mass is 668 g/mol. The van der Waals surface area contributed by atoms with Gasteiger partial charge in [0.05, 0.1) is 22.7 Å². The first kappa shape index (κ1) is 29.8. The van der Waals surface area contributed by atoms with Gasteiger partial charge in [-0.3, -0.25) is 0 Å². The van der Waals surface area contributed by atoms with Crippen molar-refractivity contribution in [3.05, 3.63) is 194 Å². The Kier molecular flexibility index (Phi) is 7.10. The van der Waals surface area contributed by atoms with E-state index in [-0.39, 0.29) is 0 Å². The highest BCUT2D eigenvalue weighted by molar-refractivity contribution is 5.91. The van der Waals surface area contributed by atoms with Crippen LogP contribution in [0.4, 0.5) is 34.1 Å². The Hall–Kier alpha value is -7.04. The molecule has 2 aliphatic rings. The first-order valence-corrected chi connectivity index (χ1v) is 17.5. The predicted octanol–water partition coefficient (Wildman–Crippen LogP) is 13.8. The van der Waals surface area contributed by atoms with Crippen molar-refractivity contribution in [3.8, 4) is 56.4 Å². The number of rotatable bonds is 5. The molecule has 0 atom stereocenters. The van der Waals surface area contributed by atoms with Gasteiger partial charge in [-0.2, -0.15) is 0 Å². The standard InChI is InChI=1S/C48H32N2O2/c1-3-12-33(13-4-1)35-22-26-39(27-23-35)49-41-18-7-9-20-45(41)51-47-31-37(24-28-43(47)49)38-25-29-44-48(32-38)52-46-21-10-8-19-42(46)50(44)40-17-11-16-36(30-40)34-14-5-2-6-15-34/h1-32H. The second kappa shape index (κ2) is 12.4. The lowest BCUT2D eigenvalue weighted by molar-refractivity contribution is 0.476. The molecule has 246 valence electrons. The summed E-state index contributed by atoms with van der Waals surface area (Å²) in [7, 11) is 0. The second-order valence-corrected chi connectivity index (χ2v) is 13.0. The highest BCUT2D eigenvalue weighted by Crippen LogP contribution is 2.54. The van der Waals surface area contributed by atoms with E-state index in [2.05, 4.69) is 168 Å². The van der Waals surface area contributed by atoms with Crippen molar-refractivity contribution < 1.29 is 9.47 Å². The quantitative estimate of drug-likeness (QED) is 0.182. The Morgan fingerprint density at radius 2 is 0.654 bits per heavy atom. The summed E-state index contributed by atoms with van der Waals surface area (Å²) in [4.78, 5) is 4.57. The van der Waals surface area contributed by atoms with Gasteiger partial charge in [0.1, 0.15) is 0 Å². The van der Waals surface area contributed by atoms with Gasteiger partial charge in [-0.05, 0) is 106 Å². The highest BCUT2D eigenvalue weighted by atomic mass is 16.5. The molecule has 4 nitrogen and oxygen atoms in total. The van der Waals surface area contributed by atoms with Crippen molar-refractivity contribution in [2.75, 3.05) is 9.80 Å². The molecular weight excluding hydrogens is 637 g/mol. The van der Waals surface area contributed by atoms with Crippen molar-refractivity contribution in [1.29, 1.82) is 0 Å². The summed E-state index contributed by atoms with van der Waals surface area (Å²) in [5.74, 6) is 3.23. The third kappa shape index (κ3) is 5.17. The molecule has 8 aromatic rings. The fraction of sp³-hybridized carbons (Fsp3) is 0. The van der Waals surface area contributed by atoms with Crippen molar-refractivity contribution in [2.45, 2.75) is 0 Å². The van der Waals surface area contributed by atoms with Gasteiger partial charge < -0.3 is 19.3 Å². The van der Waals surface area contributed by atoms with Gasteiger partial charge in [0, 0.05) is 11.4 Å². The molecule has 0 aromatic heterocycles. The van der Waals surface area contributed by atoms with E-state index in [1.807, 2.05) is 36.4 Å². The van der Waals surface area contributed by atoms with E-state index in [0.29, 0.717) is 0 Å². The van der Waals surface area contributed by atoms with Crippen LogP contribution in [0.3, 0.4) is 0 Å². The minimum absolute atomic E-state index is 0.797. The number of hydrogen-bond acceptors (Lipinski definition) is 4. The van der Waals surface area contributed by atoms with E-state index in [1.54, 1.807) is 0 Å². The molecule has 2 heterocycles. The SMILES string of the molecule is c1ccc(-c2ccc(N3c4ccccc4Oc4cc(-c5ccc6c(c5)Oc5ccccc5N6c5cccc(-c6ccccc6)c5)ccc43)cc2)cc1. The van der Waals surface area contributed by atoms with Gasteiger partial charge in [-0.25, -0.2) is 0 Å². The molecule has 0 spiro atoms. The number of nitrogens with zero attached hydrogens (tertiary/aromatic N) is 2. The third-order valence-corrected chi connectivity index (χ3v) is 9.83. The fourth-order valence-corrected chi connectivity index (χ4v) is 7.32. The lowest BCUT2D eigenvalue weighted by Gasteiger charge is -2.34. The first-order chi connectivity index (χ1) is 25.8. The van der Waals surface area contributed by atoms with E-state index in [1.165, 1.54) is 16.7 Å². The van der Waals surface area contributed by atoms with Crippen LogP contribution in [-0.4, -0.2) is 0 Å². The summed E-state index contributed by atoms with van der Waals surface area (Å²) < 4.78 is 13.2. The zero-order valence-corrected chi connectivity index (χ0v) is 28.2. The average Bonchev–Trinajstić information content (AvgIpc) is 3.22. The maximum Gasteiger partial charge on any atom is 0.152 e. The van der Waals surface area contributed by atoms with Crippen molar-refractivity contribution in [1.82, 2.24) is 0 Å². The zero-order valence-electron chi connectivity index (χ0n) is 28.2. The largest absolute Gasteiger partial charge is 0.453 e. The van der Waals surface area contributed by atoms with E-state index < -0.39 is 0 Å². The van der Waals surface area contributed by atoms with Crippen LogP contribution < -0.4 is 19.3 Å². The third-order valence-electron chi connectivity index (χ3n) is 9.83. The van der Waals surface area contributed by atoms with Crippen LogP contribution >= 0.6 is 0 Å². The van der Waals surface area contributed by atoms with Crippen molar-refractivity contribution >= 4 is 34.1 Å². The van der Waals surface area contributed by atoms with Crippen LogP contribution in [0, 0.1) is 0 Å². The summed E-state index contributed by atoms with van der Waals surface area (Å²) >= 11 is 0. The van der Waals surface area contributed by atoms with Gasteiger partial charge >= 0.3 is 0 Å². The van der Waals surface area contributed by atoms with Crippen LogP contribution in [-0.2, 0) is 0 Å². The van der Waals surface area contributed by atoms with E-state index >= 15 is 0 Å². The fourth-order valence-electron chi connectivity index (χ4n) is 7.32. The molecule has 0 bridgehead atoms. The van der Waals surface area contributed by atoms with Crippen LogP contribution in [0.1, 0.15) is 0 Å². The molecule has 0 N–H and O–H groups in total. The lowest BCUT2D eigenvalue weighted by Crippen LogP contribution is -2.16. The summed E-state index contributed by atoms with van der Waals surface area (Å²) in [5, 5.41) is 0. The Bertz CT molecular complexity index is 2580. The normalized spacial score (nSPS) is 12.5. The molecule has 0 fully saturated rings. The van der Waals surface area contributed by atoms with Crippen molar-refractivity contribution in [2.24, 2.45) is 0 Å². The molecule has 52 heavy (non-hydrogen) atoms. The summed E-state index contributed by atoms with van der Waals surface area (Å²) in [6.45, 7) is 0. The number of ether oxygens (including phenoxy) is 2. The van der Waals surface area contributed by atoms with Gasteiger partial charge in [0.2, 0.25) is 0 Å². The summed E-state index contributed by atoms with van der Waals surface area (Å²) in [6, 6.07) is 67.7. The molecule has 8 aromatic carbocycles. The smallest absolute Gasteiger partial charge is 0.152 e. The Morgan fingerprint density at radius 1 is 0.250 bits per heavy atom. The molecular formula is C48H32N2O2. The van der Waals surface area contributed by atoms with E-state index in [0.717, 1.165) is 73.8 Å². The van der Waals surface area contributed by atoms with Crippen LogP contribution in [0.2, 0.25) is 0 Å². The Morgan fingerprint density at radius 3 is 1.23 bits per heavy atom. The topological polar surface area (TPSA) is 24.9 Å². The number of benzene rings is 8. The molecule has 10 rings (SSSR count). The molecule has 2 aliphatic heterocycles. The number of fused-ring (bicyclic) bond motifs is 4. The molecule has 0 aliphatic carbocycles. The minimum Gasteiger partial charge on any atom is -0.453 e. The zero-order chi connectivity index (χ0) is 34.4. The molecule has 0 amide bonds. The Balaban J connectivity index is 1.03. The maximum absolute atomic E-state index is 6.60. The van der Waals surface area contributed by atoms with Gasteiger partial charge in [0.15, 0.2) is 23.0 Å². The second-order valence-electron chi connectivity index (χ2n) is 13.0. The van der Waals surface area contributed by atoms with Gasteiger partial charge in [-0.15, -0.1) is 0 Å². The highest BCUT2D eigenvalue weighted by Gasteiger charge is 2.28. The van der Waals surface area contributed by atoms with Gasteiger partial charge in [-0.1, -0.05) is 121 Å². The number of para-hydroxylation sites is 4. The molecule has 0 radical (unpaired) electrons. The minimum atomic E-state index is 0.797. The predicted molar refractivity (Wildman–Crippen MR) is 212 cm³/mol. The summed E-state index contributed by atoms with van der Waals surface area (Å²) in [5.41, 5.74) is 12.9. The first-order valence-electron chi connectivity index (χ1n) is 17.5. The Labute approximate surface area is 303 Å². The summed E-state index contributed by atoms with van der Waals surface area (Å²) in [6.07, 6.45) is 0.